The van der Waals surface area contributed by atoms with Gasteiger partial charge in [0.25, 0.3) is 0 Å². The highest BCUT2D eigenvalue weighted by atomic mass is 16.5. The van der Waals surface area contributed by atoms with Gasteiger partial charge in [0.15, 0.2) is 17.0 Å². The van der Waals surface area contributed by atoms with E-state index < -0.39 is 0 Å². The molecule has 7 heteroatoms. The van der Waals surface area contributed by atoms with Crippen molar-refractivity contribution < 1.29 is 4.74 Å². The second-order valence-electron chi connectivity index (χ2n) is 7.14. The lowest BCUT2D eigenvalue weighted by molar-refractivity contribution is -0.0287. The van der Waals surface area contributed by atoms with Gasteiger partial charge in [0.2, 0.25) is 0 Å². The zero-order chi connectivity index (χ0) is 19.6. The van der Waals surface area contributed by atoms with Gasteiger partial charge >= 0.3 is 0 Å². The van der Waals surface area contributed by atoms with Crippen molar-refractivity contribution in [3.63, 3.8) is 0 Å². The lowest BCUT2D eigenvalue weighted by Gasteiger charge is -2.25. The van der Waals surface area contributed by atoms with Crippen LogP contribution in [0.15, 0.2) is 60.9 Å². The van der Waals surface area contributed by atoms with Gasteiger partial charge in [-0.1, -0.05) is 30.3 Å². The minimum absolute atomic E-state index is 0.107. The number of imidazole rings is 1. The van der Waals surface area contributed by atoms with Crippen LogP contribution in [0.5, 0.6) is 0 Å². The number of benzene rings is 2. The van der Waals surface area contributed by atoms with E-state index in [-0.39, 0.29) is 6.23 Å². The van der Waals surface area contributed by atoms with Crippen LogP contribution in [-0.2, 0) is 4.74 Å². The van der Waals surface area contributed by atoms with Crippen LogP contribution in [0.4, 0.5) is 17.2 Å². The number of hydrogen-bond donors (Lipinski definition) is 2. The molecule has 2 aromatic carbocycles. The van der Waals surface area contributed by atoms with Crippen LogP contribution in [0.2, 0.25) is 0 Å². The summed E-state index contributed by atoms with van der Waals surface area (Å²) in [7, 11) is 0. The number of nitrogens with zero attached hydrogens (tertiary/aromatic N) is 4. The fraction of sp³-hybridized carbons (Fsp3) is 0.227. The number of nitrogen functional groups attached to an aromatic ring is 1. The second kappa shape index (κ2) is 7.52. The Morgan fingerprint density at radius 3 is 2.72 bits per heavy atom. The van der Waals surface area contributed by atoms with Gasteiger partial charge in [-0.15, -0.1) is 0 Å². The summed E-state index contributed by atoms with van der Waals surface area (Å²) in [5.74, 6) is 1.46. The van der Waals surface area contributed by atoms with Crippen molar-refractivity contribution in [1.82, 2.24) is 19.5 Å². The first-order chi connectivity index (χ1) is 14.3. The molecule has 1 saturated heterocycles. The first-order valence-corrected chi connectivity index (χ1v) is 9.82. The molecule has 0 amide bonds. The maximum Gasteiger partial charge on any atom is 0.168 e. The molecule has 1 unspecified atom stereocenters. The Balaban J connectivity index is 1.69. The van der Waals surface area contributed by atoms with Gasteiger partial charge in [-0.2, -0.15) is 0 Å². The van der Waals surface area contributed by atoms with Gasteiger partial charge in [-0.3, -0.25) is 4.57 Å². The molecule has 0 spiro atoms. The van der Waals surface area contributed by atoms with Crippen molar-refractivity contribution in [2.45, 2.75) is 25.5 Å². The predicted molar refractivity (Wildman–Crippen MR) is 114 cm³/mol. The molecule has 5 rings (SSSR count). The fourth-order valence-electron chi connectivity index (χ4n) is 3.74. The minimum atomic E-state index is -0.107. The Bertz CT molecular complexity index is 1130. The summed E-state index contributed by atoms with van der Waals surface area (Å²) in [6, 6.07) is 17.7. The third-order valence-electron chi connectivity index (χ3n) is 5.10. The van der Waals surface area contributed by atoms with E-state index in [0.717, 1.165) is 48.6 Å². The predicted octanol–water partition coefficient (Wildman–Crippen LogP) is 4.52. The molecular weight excluding hydrogens is 364 g/mol. The van der Waals surface area contributed by atoms with Crippen LogP contribution < -0.4 is 11.1 Å². The van der Waals surface area contributed by atoms with Gasteiger partial charge < -0.3 is 15.8 Å². The molecule has 1 atom stereocenters. The number of aromatic nitrogens is 4. The summed E-state index contributed by atoms with van der Waals surface area (Å²) in [4.78, 5) is 13.9. The van der Waals surface area contributed by atoms with Crippen molar-refractivity contribution >= 4 is 28.4 Å². The lowest BCUT2D eigenvalue weighted by atomic mass is 10.1. The summed E-state index contributed by atoms with van der Waals surface area (Å²) < 4.78 is 8.18. The van der Waals surface area contributed by atoms with Crippen molar-refractivity contribution in [2.24, 2.45) is 0 Å². The molecule has 0 bridgehead atoms. The normalized spacial score (nSPS) is 16.8. The summed E-state index contributed by atoms with van der Waals surface area (Å²) in [5, 5.41) is 3.36. The van der Waals surface area contributed by atoms with Crippen molar-refractivity contribution in [1.29, 1.82) is 0 Å². The number of nitrogens with one attached hydrogen (secondary N) is 1. The molecule has 1 fully saturated rings. The number of hydrogen-bond acceptors (Lipinski definition) is 6. The largest absolute Gasteiger partial charge is 0.399 e. The maximum absolute atomic E-state index is 6.09. The Labute approximate surface area is 168 Å². The molecule has 146 valence electrons. The highest BCUT2D eigenvalue weighted by molar-refractivity contribution is 5.88. The van der Waals surface area contributed by atoms with Gasteiger partial charge in [-0.05, 0) is 43.5 Å². The Hall–Kier alpha value is -3.45. The van der Waals surface area contributed by atoms with Crippen molar-refractivity contribution in [2.75, 3.05) is 17.7 Å². The zero-order valence-corrected chi connectivity index (χ0v) is 16.0. The average Bonchev–Trinajstić information content (AvgIpc) is 3.16. The van der Waals surface area contributed by atoms with Crippen LogP contribution in [0.25, 0.3) is 22.6 Å². The fourth-order valence-corrected chi connectivity index (χ4v) is 3.74. The zero-order valence-electron chi connectivity index (χ0n) is 16.0. The van der Waals surface area contributed by atoms with Crippen LogP contribution in [0.3, 0.4) is 0 Å². The Morgan fingerprint density at radius 1 is 1.03 bits per heavy atom. The molecule has 2 aromatic heterocycles. The van der Waals surface area contributed by atoms with E-state index in [9.17, 15) is 0 Å². The summed E-state index contributed by atoms with van der Waals surface area (Å²) >= 11 is 0. The average molecular weight is 386 g/mol. The van der Waals surface area contributed by atoms with E-state index in [2.05, 4.69) is 19.9 Å². The number of ether oxygens (including phenoxy) is 1. The molecule has 1 aliphatic heterocycles. The SMILES string of the molecule is Nc1cccc(-c2nc3c(Nc4ccccc4)ncnc3n2C2CCCCO2)c1. The Morgan fingerprint density at radius 2 is 1.93 bits per heavy atom. The molecule has 29 heavy (non-hydrogen) atoms. The van der Waals surface area contributed by atoms with Gasteiger partial charge in [0.1, 0.15) is 18.4 Å². The van der Waals surface area contributed by atoms with Crippen LogP contribution in [-0.4, -0.2) is 26.1 Å². The van der Waals surface area contributed by atoms with Gasteiger partial charge in [-0.25, -0.2) is 15.0 Å². The second-order valence-corrected chi connectivity index (χ2v) is 7.14. The Kier molecular flexibility index (Phi) is 4.57. The highest BCUT2D eigenvalue weighted by Gasteiger charge is 2.25. The van der Waals surface area contributed by atoms with Crippen LogP contribution >= 0.6 is 0 Å². The van der Waals surface area contributed by atoms with E-state index in [1.165, 1.54) is 0 Å². The van der Waals surface area contributed by atoms with E-state index in [1.54, 1.807) is 6.33 Å². The van der Waals surface area contributed by atoms with Crippen molar-refractivity contribution in [3.05, 3.63) is 60.9 Å². The van der Waals surface area contributed by atoms with E-state index in [1.807, 2.05) is 54.6 Å². The first kappa shape index (κ1) is 17.6. The number of nitrogens with two attached hydrogens (primary N) is 1. The van der Waals surface area contributed by atoms with E-state index >= 15 is 0 Å². The molecule has 1 aliphatic rings. The number of para-hydroxylation sites is 1. The van der Waals surface area contributed by atoms with E-state index in [0.29, 0.717) is 17.0 Å². The van der Waals surface area contributed by atoms with Crippen LogP contribution in [0, 0.1) is 0 Å². The molecule has 0 aliphatic carbocycles. The summed E-state index contributed by atoms with van der Waals surface area (Å²) in [6.45, 7) is 0.737. The first-order valence-electron chi connectivity index (χ1n) is 9.82. The van der Waals surface area contributed by atoms with E-state index in [4.69, 9.17) is 15.5 Å². The van der Waals surface area contributed by atoms with Gasteiger partial charge in [0, 0.05) is 23.5 Å². The van der Waals surface area contributed by atoms with Crippen molar-refractivity contribution in [3.8, 4) is 11.4 Å². The molecular formula is C22H22N6O. The van der Waals surface area contributed by atoms with Crippen LogP contribution in [0.1, 0.15) is 25.5 Å². The highest BCUT2D eigenvalue weighted by Crippen LogP contribution is 2.35. The topological polar surface area (TPSA) is 90.9 Å². The van der Waals surface area contributed by atoms with Gasteiger partial charge in [0.05, 0.1) is 0 Å². The summed E-state index contributed by atoms with van der Waals surface area (Å²) in [6.07, 6.45) is 4.57. The number of anilines is 3. The number of rotatable bonds is 4. The third-order valence-corrected chi connectivity index (χ3v) is 5.10. The molecule has 3 N–H and O–H groups in total. The third kappa shape index (κ3) is 3.40. The molecule has 4 aromatic rings. The minimum Gasteiger partial charge on any atom is -0.399 e. The maximum atomic E-state index is 6.09. The molecule has 7 nitrogen and oxygen atoms in total. The lowest BCUT2D eigenvalue weighted by Crippen LogP contribution is -2.19. The monoisotopic (exact) mass is 386 g/mol. The molecule has 0 radical (unpaired) electrons. The number of fused-ring (bicyclic) bond motifs is 1. The quantitative estimate of drug-likeness (QED) is 0.501. The smallest absolute Gasteiger partial charge is 0.168 e. The summed E-state index contributed by atoms with van der Waals surface area (Å²) in [5.41, 5.74) is 10.1. The molecule has 0 saturated carbocycles. The standard InChI is InChI=1S/C22H22N6O/c23-16-8-6-7-15(13-16)21-27-19-20(26-17-9-2-1-3-10-17)24-14-25-22(19)28(21)18-11-4-5-12-29-18/h1-3,6-10,13-14,18H,4-5,11-12,23H2,(H,24,25,26). The molecule has 3 heterocycles.